The minimum absolute atomic E-state index is 0.391. The molecular formula is C10H10F2O2. The molecule has 0 fully saturated rings. The quantitative estimate of drug-likeness (QED) is 0.739. The second-order valence-corrected chi connectivity index (χ2v) is 3.14. The highest BCUT2D eigenvalue weighted by Gasteiger charge is 2.21. The van der Waals surface area contributed by atoms with E-state index in [1.807, 2.05) is 0 Å². The molecule has 0 aromatic heterocycles. The largest absolute Gasteiger partial charge is 0.385 e. The van der Waals surface area contributed by atoms with E-state index in [1.54, 1.807) is 0 Å². The molecule has 14 heavy (non-hydrogen) atoms. The maximum Gasteiger partial charge on any atom is 0.196 e. The highest BCUT2D eigenvalue weighted by atomic mass is 19.1. The molecule has 0 aliphatic carbocycles. The number of rotatable bonds is 2. The van der Waals surface area contributed by atoms with Crippen molar-refractivity contribution in [3.8, 4) is 0 Å². The Morgan fingerprint density at radius 1 is 1.36 bits per heavy atom. The number of aliphatic hydroxyl groups is 1. The van der Waals surface area contributed by atoms with E-state index in [1.165, 1.54) is 13.8 Å². The molecule has 0 radical (unpaired) electrons. The molecule has 2 nitrogen and oxygen atoms in total. The Balaban J connectivity index is 3.28. The van der Waals surface area contributed by atoms with E-state index in [0.29, 0.717) is 5.56 Å². The van der Waals surface area contributed by atoms with Crippen molar-refractivity contribution in [2.45, 2.75) is 20.0 Å². The standard InChI is InChI=1S/C10H10F2O2/c1-5-3-7(11)9(8(12)4-5)10(14)6(2)13/h3-4,6,13H,1-2H3. The molecule has 0 saturated carbocycles. The van der Waals surface area contributed by atoms with Crippen LogP contribution in [0.25, 0.3) is 0 Å². The van der Waals surface area contributed by atoms with Crippen LogP contribution in [0.4, 0.5) is 8.78 Å². The van der Waals surface area contributed by atoms with Gasteiger partial charge >= 0.3 is 0 Å². The molecule has 0 amide bonds. The van der Waals surface area contributed by atoms with Crippen LogP contribution < -0.4 is 0 Å². The third kappa shape index (κ3) is 1.96. The van der Waals surface area contributed by atoms with Crippen molar-refractivity contribution < 1.29 is 18.7 Å². The summed E-state index contributed by atoms with van der Waals surface area (Å²) in [4.78, 5) is 11.2. The van der Waals surface area contributed by atoms with Gasteiger partial charge in [-0.05, 0) is 31.5 Å². The Morgan fingerprint density at radius 3 is 2.14 bits per heavy atom. The monoisotopic (exact) mass is 200 g/mol. The van der Waals surface area contributed by atoms with Gasteiger partial charge in [-0.15, -0.1) is 0 Å². The molecule has 1 unspecified atom stereocenters. The summed E-state index contributed by atoms with van der Waals surface area (Å²) in [5.74, 6) is -2.82. The van der Waals surface area contributed by atoms with Crippen molar-refractivity contribution in [1.82, 2.24) is 0 Å². The Morgan fingerprint density at radius 2 is 1.79 bits per heavy atom. The zero-order chi connectivity index (χ0) is 10.9. The van der Waals surface area contributed by atoms with Gasteiger partial charge in [0.1, 0.15) is 17.7 Å². The van der Waals surface area contributed by atoms with Crippen molar-refractivity contribution in [3.05, 3.63) is 34.9 Å². The zero-order valence-corrected chi connectivity index (χ0v) is 7.84. The fourth-order valence-electron chi connectivity index (χ4n) is 1.14. The normalized spacial score (nSPS) is 12.6. The molecule has 1 atom stereocenters. The SMILES string of the molecule is Cc1cc(F)c(C(=O)C(C)O)c(F)c1. The van der Waals surface area contributed by atoms with Gasteiger partial charge in [0.15, 0.2) is 5.78 Å². The molecule has 1 aromatic carbocycles. The van der Waals surface area contributed by atoms with E-state index in [0.717, 1.165) is 12.1 Å². The van der Waals surface area contributed by atoms with Crippen molar-refractivity contribution >= 4 is 5.78 Å². The lowest BCUT2D eigenvalue weighted by atomic mass is 10.0. The van der Waals surface area contributed by atoms with Gasteiger partial charge in [0.05, 0.1) is 5.56 Å². The zero-order valence-electron chi connectivity index (χ0n) is 7.84. The molecule has 76 valence electrons. The molecule has 0 spiro atoms. The predicted octanol–water partition coefficient (Wildman–Crippen LogP) is 1.84. The summed E-state index contributed by atoms with van der Waals surface area (Å²) in [5.41, 5.74) is -0.284. The topological polar surface area (TPSA) is 37.3 Å². The van der Waals surface area contributed by atoms with E-state index in [4.69, 9.17) is 5.11 Å². The molecule has 1 N–H and O–H groups in total. The fourth-order valence-corrected chi connectivity index (χ4v) is 1.14. The second-order valence-electron chi connectivity index (χ2n) is 3.14. The maximum atomic E-state index is 13.2. The average Bonchev–Trinajstić information content (AvgIpc) is 2.01. The Hall–Kier alpha value is -1.29. The van der Waals surface area contributed by atoms with E-state index >= 15 is 0 Å². The molecule has 0 aliphatic rings. The number of hydrogen-bond donors (Lipinski definition) is 1. The molecule has 0 aliphatic heterocycles. The Bertz CT molecular complexity index is 349. The minimum atomic E-state index is -1.40. The van der Waals surface area contributed by atoms with Gasteiger partial charge in [0.25, 0.3) is 0 Å². The van der Waals surface area contributed by atoms with Crippen LogP contribution in [0.5, 0.6) is 0 Å². The second kappa shape index (κ2) is 3.84. The van der Waals surface area contributed by atoms with Crippen LogP contribution >= 0.6 is 0 Å². The van der Waals surface area contributed by atoms with E-state index in [-0.39, 0.29) is 0 Å². The van der Waals surface area contributed by atoms with Crippen molar-refractivity contribution in [2.75, 3.05) is 0 Å². The molecule has 4 heteroatoms. The van der Waals surface area contributed by atoms with Crippen LogP contribution in [-0.2, 0) is 0 Å². The van der Waals surface area contributed by atoms with E-state index in [9.17, 15) is 13.6 Å². The van der Waals surface area contributed by atoms with Gasteiger partial charge in [-0.2, -0.15) is 0 Å². The third-order valence-electron chi connectivity index (χ3n) is 1.81. The van der Waals surface area contributed by atoms with Crippen LogP contribution in [-0.4, -0.2) is 17.0 Å². The van der Waals surface area contributed by atoms with Gasteiger partial charge < -0.3 is 5.11 Å². The third-order valence-corrected chi connectivity index (χ3v) is 1.81. The predicted molar refractivity (Wildman–Crippen MR) is 47.1 cm³/mol. The van der Waals surface area contributed by atoms with E-state index in [2.05, 4.69) is 0 Å². The summed E-state index contributed by atoms with van der Waals surface area (Å²) in [6.45, 7) is 2.68. The summed E-state index contributed by atoms with van der Waals surface area (Å²) in [6.07, 6.45) is -1.40. The van der Waals surface area contributed by atoms with Gasteiger partial charge in [-0.1, -0.05) is 0 Å². The first kappa shape index (κ1) is 10.8. The lowest BCUT2D eigenvalue weighted by Crippen LogP contribution is -2.19. The number of Topliss-reactive ketones (excluding diaryl/α,β-unsaturated/α-hetero) is 1. The van der Waals surface area contributed by atoms with Crippen molar-refractivity contribution in [1.29, 1.82) is 0 Å². The van der Waals surface area contributed by atoms with Gasteiger partial charge in [0, 0.05) is 0 Å². The highest BCUT2D eigenvalue weighted by molar-refractivity contribution is 5.99. The smallest absolute Gasteiger partial charge is 0.196 e. The number of aliphatic hydroxyl groups excluding tert-OH is 1. The number of carbonyl (C=O) groups excluding carboxylic acids is 1. The van der Waals surface area contributed by atoms with Crippen LogP contribution in [0, 0.1) is 18.6 Å². The molecule has 0 heterocycles. The number of benzene rings is 1. The first-order valence-corrected chi connectivity index (χ1v) is 4.11. The molecule has 0 saturated heterocycles. The number of halogens is 2. The minimum Gasteiger partial charge on any atom is -0.385 e. The summed E-state index contributed by atoms with van der Waals surface area (Å²) < 4.78 is 26.3. The summed E-state index contributed by atoms with van der Waals surface area (Å²) in [6, 6.07) is 2.11. The van der Waals surface area contributed by atoms with E-state index < -0.39 is 29.1 Å². The number of hydrogen-bond acceptors (Lipinski definition) is 2. The van der Waals surface area contributed by atoms with Crippen LogP contribution in [0.15, 0.2) is 12.1 Å². The number of ketones is 1. The number of carbonyl (C=O) groups is 1. The van der Waals surface area contributed by atoms with Gasteiger partial charge in [-0.3, -0.25) is 4.79 Å². The van der Waals surface area contributed by atoms with Crippen molar-refractivity contribution in [3.63, 3.8) is 0 Å². The lowest BCUT2D eigenvalue weighted by molar-refractivity contribution is 0.0770. The number of aryl methyl sites for hydroxylation is 1. The molecule has 1 aromatic rings. The van der Waals surface area contributed by atoms with Gasteiger partial charge in [-0.25, -0.2) is 8.78 Å². The Labute approximate surface area is 80.2 Å². The maximum absolute atomic E-state index is 13.2. The fraction of sp³-hybridized carbons (Fsp3) is 0.300. The summed E-state index contributed by atoms with van der Waals surface area (Å²) >= 11 is 0. The lowest BCUT2D eigenvalue weighted by Gasteiger charge is -2.06. The Kier molecular flexibility index (Phi) is 2.96. The van der Waals surface area contributed by atoms with Crippen molar-refractivity contribution in [2.24, 2.45) is 0 Å². The van der Waals surface area contributed by atoms with Crippen LogP contribution in [0.3, 0.4) is 0 Å². The molecule has 1 rings (SSSR count). The summed E-state index contributed by atoms with van der Waals surface area (Å²) in [7, 11) is 0. The molecule has 0 bridgehead atoms. The summed E-state index contributed by atoms with van der Waals surface area (Å²) in [5, 5.41) is 8.91. The average molecular weight is 200 g/mol. The first-order valence-electron chi connectivity index (χ1n) is 4.11. The first-order chi connectivity index (χ1) is 6.43. The van der Waals surface area contributed by atoms with Gasteiger partial charge in [0.2, 0.25) is 0 Å². The van der Waals surface area contributed by atoms with Crippen LogP contribution in [0.2, 0.25) is 0 Å². The highest BCUT2D eigenvalue weighted by Crippen LogP contribution is 2.16. The molecular weight excluding hydrogens is 190 g/mol. The van der Waals surface area contributed by atoms with Crippen LogP contribution in [0.1, 0.15) is 22.8 Å².